The molecule has 3 aromatic carbocycles. The molecule has 0 saturated heterocycles. The van der Waals surface area contributed by atoms with Crippen molar-refractivity contribution in [1.82, 2.24) is 0 Å². The van der Waals surface area contributed by atoms with Gasteiger partial charge in [0.25, 0.3) is 0 Å². The molecule has 0 atom stereocenters. The van der Waals surface area contributed by atoms with Gasteiger partial charge >= 0.3 is 0 Å². The van der Waals surface area contributed by atoms with Crippen molar-refractivity contribution >= 4 is 46.6 Å². The van der Waals surface area contributed by atoms with Crippen molar-refractivity contribution < 1.29 is 4.57 Å². The fraction of sp³-hybridized carbons (Fsp3) is 0.208. The molecule has 2 heterocycles. The van der Waals surface area contributed by atoms with Crippen LogP contribution in [0, 0.1) is 6.92 Å². The maximum atomic E-state index is 2.47. The Morgan fingerprint density at radius 3 is 2.44 bits per heavy atom. The molecule has 1 aromatic heterocycles. The Kier molecular flexibility index (Phi) is 3.59. The van der Waals surface area contributed by atoms with E-state index in [4.69, 9.17) is 0 Å². The Morgan fingerprint density at radius 2 is 1.67 bits per heavy atom. The number of hydrogen-bond donors (Lipinski definition) is 0. The normalized spacial score (nSPS) is 13.2. The maximum Gasteiger partial charge on any atom is 0.222 e. The first-order valence-electron chi connectivity index (χ1n) is 9.52. The molecule has 0 fully saturated rings. The number of aromatic nitrogens is 1. The summed E-state index contributed by atoms with van der Waals surface area (Å²) in [5.74, 6) is 0. The van der Waals surface area contributed by atoms with E-state index in [1.165, 1.54) is 48.2 Å². The van der Waals surface area contributed by atoms with Gasteiger partial charge in [-0.2, -0.15) is 0 Å². The summed E-state index contributed by atoms with van der Waals surface area (Å²) in [6, 6.07) is 18.3. The lowest BCUT2D eigenvalue weighted by molar-refractivity contribution is -0.659. The molecule has 0 unspecified atom stereocenters. The molecule has 27 heavy (non-hydrogen) atoms. The molecule has 134 valence electrons. The Bertz CT molecular complexity index is 1250. The number of hydrogen-bond acceptors (Lipinski definition) is 1. The predicted octanol–water partition coefficient (Wildman–Crippen LogP) is 5.80. The number of fused-ring (bicyclic) bond motifs is 3. The van der Waals surface area contributed by atoms with Gasteiger partial charge in [-0.25, -0.2) is 4.57 Å². The van der Waals surface area contributed by atoms with Crippen molar-refractivity contribution in [2.75, 3.05) is 0 Å². The topological polar surface area (TPSA) is 3.88 Å². The Balaban J connectivity index is 1.94. The van der Waals surface area contributed by atoms with E-state index >= 15 is 0 Å². The summed E-state index contributed by atoms with van der Waals surface area (Å²) in [5.41, 5.74) is 4.15. The lowest BCUT2D eigenvalue weighted by Crippen LogP contribution is -2.38. The van der Waals surface area contributed by atoms with Crippen LogP contribution < -0.4 is 9.75 Å². The number of nitrogens with zero attached hydrogens (tertiary/aromatic N) is 1. The number of aryl methyl sites for hydroxylation is 2. The van der Waals surface area contributed by atoms with E-state index in [0.717, 1.165) is 0 Å². The largest absolute Gasteiger partial charge is 0.222 e. The van der Waals surface area contributed by atoms with Crippen molar-refractivity contribution in [3.8, 4) is 11.3 Å². The highest BCUT2D eigenvalue weighted by atomic mass is 32.2. The van der Waals surface area contributed by atoms with E-state index in [-0.39, 0.29) is 0 Å². The molecule has 5 rings (SSSR count). The van der Waals surface area contributed by atoms with E-state index in [9.17, 15) is 0 Å². The molecule has 4 aromatic rings. The van der Waals surface area contributed by atoms with Gasteiger partial charge in [0.05, 0.1) is 19.0 Å². The van der Waals surface area contributed by atoms with Gasteiger partial charge in [0, 0.05) is 15.9 Å². The quantitative estimate of drug-likeness (QED) is 0.260. The predicted molar refractivity (Wildman–Crippen MR) is 120 cm³/mol. The van der Waals surface area contributed by atoms with Crippen LogP contribution in [-0.4, -0.2) is 8.07 Å². The molecule has 0 radical (unpaired) electrons. The number of rotatable bonds is 1. The van der Waals surface area contributed by atoms with Gasteiger partial charge in [-0.05, 0) is 40.8 Å². The van der Waals surface area contributed by atoms with Crippen LogP contribution in [0.15, 0.2) is 64.5 Å². The molecule has 0 bridgehead atoms. The third-order valence-electron chi connectivity index (χ3n) is 5.80. The highest BCUT2D eigenvalue weighted by Crippen LogP contribution is 2.49. The van der Waals surface area contributed by atoms with Gasteiger partial charge < -0.3 is 0 Å². The Hall–Kier alpha value is -2.10. The summed E-state index contributed by atoms with van der Waals surface area (Å²) in [4.78, 5) is 2.80. The van der Waals surface area contributed by atoms with E-state index < -0.39 is 8.07 Å². The van der Waals surface area contributed by atoms with Crippen LogP contribution in [0.1, 0.15) is 5.56 Å². The molecular formula is C24H24NSSi+. The van der Waals surface area contributed by atoms with Crippen LogP contribution in [0.25, 0.3) is 32.8 Å². The maximum absolute atomic E-state index is 2.47. The zero-order valence-corrected chi connectivity index (χ0v) is 18.4. The van der Waals surface area contributed by atoms with Crippen molar-refractivity contribution in [3.05, 3.63) is 60.3 Å². The number of benzene rings is 3. The molecular weight excluding hydrogens is 362 g/mol. The lowest BCUT2D eigenvalue weighted by atomic mass is 9.94. The smallest absolute Gasteiger partial charge is 0.200 e. The molecule has 1 aliphatic rings. The van der Waals surface area contributed by atoms with Gasteiger partial charge in [0.15, 0.2) is 6.20 Å². The summed E-state index contributed by atoms with van der Waals surface area (Å²) >= 11 is 1.95. The minimum Gasteiger partial charge on any atom is -0.200 e. The summed E-state index contributed by atoms with van der Waals surface area (Å²) in [6.07, 6.45) is 2.23. The highest BCUT2D eigenvalue weighted by molar-refractivity contribution is 7.99. The fourth-order valence-electron chi connectivity index (χ4n) is 4.27. The molecule has 0 amide bonds. The van der Waals surface area contributed by atoms with Gasteiger partial charge in [-0.1, -0.05) is 66.9 Å². The van der Waals surface area contributed by atoms with Gasteiger partial charge in [0.1, 0.15) is 7.05 Å². The molecule has 1 aliphatic heterocycles. The summed E-state index contributed by atoms with van der Waals surface area (Å²) in [7, 11) is 0.809. The van der Waals surface area contributed by atoms with Crippen LogP contribution in [0.3, 0.4) is 0 Å². The molecule has 0 saturated carbocycles. The second kappa shape index (κ2) is 5.70. The molecule has 0 N–H and O–H groups in total. The van der Waals surface area contributed by atoms with Crippen molar-refractivity contribution in [1.29, 1.82) is 0 Å². The number of pyridine rings is 1. The second-order valence-electron chi connectivity index (χ2n) is 8.66. The molecule has 1 nitrogen and oxygen atoms in total. The minimum absolute atomic E-state index is 1.33. The van der Waals surface area contributed by atoms with Gasteiger partial charge in [-0.15, -0.1) is 0 Å². The lowest BCUT2D eigenvalue weighted by Gasteiger charge is -2.24. The van der Waals surface area contributed by atoms with E-state index in [2.05, 4.69) is 92.9 Å². The van der Waals surface area contributed by atoms with E-state index in [0.29, 0.717) is 0 Å². The summed E-state index contributed by atoms with van der Waals surface area (Å²) in [5, 5.41) is 7.02. The Labute approximate surface area is 166 Å². The van der Waals surface area contributed by atoms with Crippen molar-refractivity contribution in [2.45, 2.75) is 36.4 Å². The zero-order valence-electron chi connectivity index (χ0n) is 16.6. The average Bonchev–Trinajstić information content (AvgIpc) is 2.63. The van der Waals surface area contributed by atoms with Crippen molar-refractivity contribution in [2.24, 2.45) is 7.05 Å². The zero-order chi connectivity index (χ0) is 18.9. The molecule has 0 spiro atoms. The van der Waals surface area contributed by atoms with Crippen molar-refractivity contribution in [3.63, 3.8) is 0 Å². The van der Waals surface area contributed by atoms with Crippen LogP contribution in [0.2, 0.25) is 19.6 Å². The first-order chi connectivity index (χ1) is 12.8. The average molecular weight is 387 g/mol. The molecule has 0 aliphatic carbocycles. The summed E-state index contributed by atoms with van der Waals surface area (Å²) < 4.78 is 2.31. The van der Waals surface area contributed by atoms with Crippen LogP contribution in [0.4, 0.5) is 0 Å². The minimum atomic E-state index is -1.37. The van der Waals surface area contributed by atoms with Crippen LogP contribution >= 0.6 is 11.8 Å². The standard InChI is InChI=1S/C24H24NSSi/c1-15-19-9-7-6-8-16(19)13-20-22(15)24-23-17(10-11-25(24)2)12-18(27(3,4)5)14-21(23)26-20/h6-14H,1-5H3/q+1. The second-order valence-corrected chi connectivity index (χ2v) is 14.8. The SMILES string of the molecule is Cc1c2c(cc3ccccc13)Sc1cc([Si](C)(C)C)cc3cc[n+](C)c-2c13. The first kappa shape index (κ1) is 17.0. The fourth-order valence-corrected chi connectivity index (χ4v) is 6.82. The monoisotopic (exact) mass is 386 g/mol. The summed E-state index contributed by atoms with van der Waals surface area (Å²) in [6.45, 7) is 9.58. The van der Waals surface area contributed by atoms with Crippen LogP contribution in [-0.2, 0) is 7.05 Å². The van der Waals surface area contributed by atoms with Gasteiger partial charge in [-0.3, -0.25) is 0 Å². The van der Waals surface area contributed by atoms with Gasteiger partial charge in [0.2, 0.25) is 5.69 Å². The first-order valence-corrected chi connectivity index (χ1v) is 13.8. The van der Waals surface area contributed by atoms with E-state index in [1.54, 1.807) is 5.19 Å². The van der Waals surface area contributed by atoms with E-state index in [1.807, 2.05) is 11.8 Å². The molecule has 3 heteroatoms. The highest BCUT2D eigenvalue weighted by Gasteiger charge is 2.30. The Morgan fingerprint density at radius 1 is 0.889 bits per heavy atom. The third kappa shape index (κ3) is 2.49. The third-order valence-corrected chi connectivity index (χ3v) is 8.90. The van der Waals surface area contributed by atoms with Crippen LogP contribution in [0.5, 0.6) is 0 Å².